The normalized spacial score (nSPS) is 10.4. The highest BCUT2D eigenvalue weighted by atomic mass is 32.2. The first-order chi connectivity index (χ1) is 12.9. The summed E-state index contributed by atoms with van der Waals surface area (Å²) < 4.78 is 33.2. The number of hydrogen-bond acceptors (Lipinski definition) is 6. The fourth-order valence-electron chi connectivity index (χ4n) is 1.96. The predicted octanol–water partition coefficient (Wildman–Crippen LogP) is 3.12. The van der Waals surface area contributed by atoms with Gasteiger partial charge < -0.3 is 9.47 Å². The fraction of sp³-hybridized carbons (Fsp3) is 0.167. The summed E-state index contributed by atoms with van der Waals surface area (Å²) in [7, 11) is 0. The number of carbonyl (C=O) groups excluding carboxylic acids is 3. The van der Waals surface area contributed by atoms with Crippen molar-refractivity contribution in [2.75, 3.05) is 12.9 Å². The first kappa shape index (κ1) is 20.4. The number of carbonyl (C=O) groups is 3. The summed E-state index contributed by atoms with van der Waals surface area (Å²) in [4.78, 5) is 36.5. The van der Waals surface area contributed by atoms with E-state index in [2.05, 4.69) is 4.74 Å². The summed E-state index contributed by atoms with van der Waals surface area (Å²) in [6.45, 7) is -3.61. The molecule has 2 aromatic carbocycles. The summed E-state index contributed by atoms with van der Waals surface area (Å²) in [5.41, 5.74) is 0.338. The Kier molecular flexibility index (Phi) is 7.30. The Bertz CT molecular complexity index is 810. The van der Waals surface area contributed by atoms with Gasteiger partial charge in [0.1, 0.15) is 5.75 Å². The van der Waals surface area contributed by atoms with Crippen molar-refractivity contribution < 1.29 is 32.6 Å². The van der Waals surface area contributed by atoms with Crippen LogP contribution in [0.4, 0.5) is 8.78 Å². The van der Waals surface area contributed by atoms with Crippen LogP contribution in [0, 0.1) is 0 Å². The minimum atomic E-state index is -2.97. The van der Waals surface area contributed by atoms with Crippen LogP contribution < -0.4 is 10.1 Å². The molecular weight excluding hydrogens is 380 g/mol. The molecule has 0 aliphatic heterocycles. The Morgan fingerprint density at radius 1 is 1.00 bits per heavy atom. The molecule has 0 radical (unpaired) electrons. The number of amides is 2. The molecule has 0 atom stereocenters. The molecule has 1 N–H and O–H groups in total. The second kappa shape index (κ2) is 9.67. The Labute approximate surface area is 157 Å². The van der Waals surface area contributed by atoms with Gasteiger partial charge in [-0.3, -0.25) is 14.9 Å². The van der Waals surface area contributed by atoms with Gasteiger partial charge in [-0.15, -0.1) is 11.8 Å². The molecule has 2 rings (SSSR count). The van der Waals surface area contributed by atoms with E-state index in [1.54, 1.807) is 24.3 Å². The van der Waals surface area contributed by atoms with E-state index in [1.165, 1.54) is 36.0 Å². The van der Waals surface area contributed by atoms with Gasteiger partial charge >= 0.3 is 12.6 Å². The second-order valence-electron chi connectivity index (χ2n) is 5.08. The molecule has 0 spiro atoms. The van der Waals surface area contributed by atoms with Crippen LogP contribution in [0.2, 0.25) is 0 Å². The van der Waals surface area contributed by atoms with Gasteiger partial charge in [-0.1, -0.05) is 0 Å². The van der Waals surface area contributed by atoms with Crippen molar-refractivity contribution >= 4 is 29.5 Å². The van der Waals surface area contributed by atoms with Crippen LogP contribution in [0.1, 0.15) is 20.7 Å². The number of esters is 1. The predicted molar refractivity (Wildman–Crippen MR) is 94.1 cm³/mol. The van der Waals surface area contributed by atoms with Crippen LogP contribution in [0.15, 0.2) is 53.4 Å². The van der Waals surface area contributed by atoms with Crippen molar-refractivity contribution in [1.82, 2.24) is 5.32 Å². The second-order valence-corrected chi connectivity index (χ2v) is 5.96. The summed E-state index contributed by atoms with van der Waals surface area (Å²) in [6.07, 6.45) is 1.90. The van der Waals surface area contributed by atoms with E-state index in [-0.39, 0.29) is 16.9 Å². The van der Waals surface area contributed by atoms with E-state index in [4.69, 9.17) is 4.74 Å². The number of nitrogens with one attached hydrogen (secondary N) is 1. The Balaban J connectivity index is 1.83. The Morgan fingerprint density at radius 2 is 1.59 bits per heavy atom. The number of imide groups is 1. The van der Waals surface area contributed by atoms with Gasteiger partial charge in [-0.25, -0.2) is 4.79 Å². The maximum Gasteiger partial charge on any atom is 0.387 e. The van der Waals surface area contributed by atoms with Crippen molar-refractivity contribution in [3.05, 3.63) is 59.7 Å². The van der Waals surface area contributed by atoms with Crippen molar-refractivity contribution in [2.45, 2.75) is 11.5 Å². The highest BCUT2D eigenvalue weighted by Gasteiger charge is 2.14. The molecule has 6 nitrogen and oxygen atoms in total. The van der Waals surface area contributed by atoms with Gasteiger partial charge in [0.05, 0.1) is 5.56 Å². The van der Waals surface area contributed by atoms with Crippen LogP contribution in [-0.2, 0) is 9.53 Å². The average molecular weight is 395 g/mol. The lowest BCUT2D eigenvalue weighted by Gasteiger charge is -2.07. The van der Waals surface area contributed by atoms with Crippen LogP contribution in [0.3, 0.4) is 0 Å². The number of thioether (sulfide) groups is 1. The molecular formula is C18H15F2NO5S. The molecule has 0 saturated carbocycles. The maximum absolute atomic E-state index is 12.1. The molecule has 2 amide bonds. The molecule has 0 saturated heterocycles. The summed E-state index contributed by atoms with van der Waals surface area (Å²) in [5.74, 6) is -2.39. The van der Waals surface area contributed by atoms with Crippen molar-refractivity contribution in [3.63, 3.8) is 0 Å². The summed E-state index contributed by atoms with van der Waals surface area (Å²) in [5, 5.41) is 2.03. The van der Waals surface area contributed by atoms with E-state index in [0.29, 0.717) is 0 Å². The first-order valence-corrected chi connectivity index (χ1v) is 8.81. The third kappa shape index (κ3) is 6.37. The van der Waals surface area contributed by atoms with E-state index in [9.17, 15) is 23.2 Å². The molecule has 0 aliphatic rings. The van der Waals surface area contributed by atoms with E-state index >= 15 is 0 Å². The van der Waals surface area contributed by atoms with Gasteiger partial charge in [0.15, 0.2) is 6.61 Å². The van der Waals surface area contributed by atoms with Crippen LogP contribution in [-0.4, -0.2) is 37.3 Å². The third-order valence-electron chi connectivity index (χ3n) is 3.25. The zero-order chi connectivity index (χ0) is 19.8. The molecule has 0 bridgehead atoms. The highest BCUT2D eigenvalue weighted by molar-refractivity contribution is 7.98. The zero-order valence-corrected chi connectivity index (χ0v) is 14.9. The average Bonchev–Trinajstić information content (AvgIpc) is 2.66. The number of ether oxygens (including phenoxy) is 2. The number of benzene rings is 2. The highest BCUT2D eigenvalue weighted by Crippen LogP contribution is 2.16. The largest absolute Gasteiger partial charge is 0.452 e. The van der Waals surface area contributed by atoms with Crippen molar-refractivity contribution in [3.8, 4) is 5.75 Å². The van der Waals surface area contributed by atoms with Crippen LogP contribution in [0.5, 0.6) is 5.75 Å². The summed E-state index contributed by atoms with van der Waals surface area (Å²) >= 11 is 1.52. The van der Waals surface area contributed by atoms with E-state index in [0.717, 1.165) is 4.90 Å². The van der Waals surface area contributed by atoms with Crippen LogP contribution in [0.25, 0.3) is 0 Å². The lowest BCUT2D eigenvalue weighted by molar-refractivity contribution is -0.123. The lowest BCUT2D eigenvalue weighted by atomic mass is 10.2. The van der Waals surface area contributed by atoms with Crippen molar-refractivity contribution in [2.24, 2.45) is 0 Å². The van der Waals surface area contributed by atoms with E-state index < -0.39 is 31.0 Å². The first-order valence-electron chi connectivity index (χ1n) is 7.59. The maximum atomic E-state index is 12.1. The molecule has 0 heterocycles. The molecule has 27 heavy (non-hydrogen) atoms. The number of alkyl halides is 2. The number of hydrogen-bond donors (Lipinski definition) is 1. The van der Waals surface area contributed by atoms with E-state index in [1.807, 2.05) is 11.6 Å². The zero-order valence-electron chi connectivity index (χ0n) is 14.1. The molecule has 142 valence electrons. The van der Waals surface area contributed by atoms with Crippen molar-refractivity contribution in [1.29, 1.82) is 0 Å². The number of halogens is 2. The minimum absolute atomic E-state index is 0.0592. The Hall–Kier alpha value is -2.94. The lowest BCUT2D eigenvalue weighted by Crippen LogP contribution is -2.34. The third-order valence-corrected chi connectivity index (χ3v) is 4.00. The quantitative estimate of drug-likeness (QED) is 0.573. The Morgan fingerprint density at radius 3 is 2.15 bits per heavy atom. The molecule has 0 unspecified atom stereocenters. The molecule has 0 fully saturated rings. The SMILES string of the molecule is CSc1ccc(C(=O)OCC(=O)NC(=O)c2ccc(OC(F)F)cc2)cc1. The van der Waals surface area contributed by atoms with Gasteiger partial charge in [0.2, 0.25) is 0 Å². The fourth-order valence-corrected chi connectivity index (χ4v) is 2.37. The van der Waals surface area contributed by atoms with Gasteiger partial charge in [0, 0.05) is 10.5 Å². The number of rotatable bonds is 7. The smallest absolute Gasteiger partial charge is 0.387 e. The van der Waals surface area contributed by atoms with Gasteiger partial charge in [-0.2, -0.15) is 8.78 Å². The van der Waals surface area contributed by atoms with Crippen LogP contribution >= 0.6 is 11.8 Å². The topological polar surface area (TPSA) is 81.7 Å². The van der Waals surface area contributed by atoms with Gasteiger partial charge in [0.25, 0.3) is 11.8 Å². The molecule has 2 aromatic rings. The summed E-state index contributed by atoms with van der Waals surface area (Å²) in [6, 6.07) is 11.4. The van der Waals surface area contributed by atoms with Gasteiger partial charge in [-0.05, 0) is 54.8 Å². The standard InChI is InChI=1S/C18H15F2NO5S/c1-27-14-8-4-12(5-9-14)17(24)25-10-15(22)21-16(23)11-2-6-13(7-3-11)26-18(19)20/h2-9,18H,10H2,1H3,(H,21,22,23). The molecule has 9 heteroatoms. The monoisotopic (exact) mass is 395 g/mol. The minimum Gasteiger partial charge on any atom is -0.452 e. The molecule has 0 aliphatic carbocycles. The molecule has 0 aromatic heterocycles.